The summed E-state index contributed by atoms with van der Waals surface area (Å²) in [6, 6.07) is 0. The lowest BCUT2D eigenvalue weighted by atomic mass is 9.31. The second-order valence-electron chi connectivity index (χ2n) is 16.5. The number of carbonyl (C=O) groups is 1. The van der Waals surface area contributed by atoms with Gasteiger partial charge in [-0.3, -0.25) is 4.79 Å². The van der Waals surface area contributed by atoms with Crippen LogP contribution in [0.15, 0.2) is 0 Å². The van der Waals surface area contributed by atoms with Crippen molar-refractivity contribution in [2.45, 2.75) is 145 Å². The number of hydrogen-bond acceptors (Lipinski definition) is 1. The summed E-state index contributed by atoms with van der Waals surface area (Å²) in [7, 11) is 0. The Balaban J connectivity index is 1.49. The van der Waals surface area contributed by atoms with E-state index in [2.05, 4.69) is 41.5 Å². The molecule has 5 fully saturated rings. The van der Waals surface area contributed by atoms with Gasteiger partial charge in [0.25, 0.3) is 0 Å². The fraction of sp³-hybridized carbons (Fsp3) is 0.970. The molecule has 5 saturated carbocycles. The number of alkyl halides is 3. The van der Waals surface area contributed by atoms with E-state index in [0.29, 0.717) is 28.1 Å². The normalized spacial score (nSPS) is 51.3. The van der Waals surface area contributed by atoms with Crippen LogP contribution in [0, 0.1) is 56.2 Å². The van der Waals surface area contributed by atoms with Gasteiger partial charge in [-0.05, 0) is 133 Å². The second-order valence-corrected chi connectivity index (χ2v) is 16.5. The lowest BCUT2D eigenvalue weighted by Gasteiger charge is -2.74. The maximum absolute atomic E-state index is 13.3. The van der Waals surface area contributed by atoms with Crippen LogP contribution < -0.4 is 0 Å². The molecule has 0 spiro atoms. The third kappa shape index (κ3) is 3.93. The number of Topliss-reactive ketones (excluding diaryl/α,β-unsaturated/α-hetero) is 1. The van der Waals surface area contributed by atoms with Crippen molar-refractivity contribution in [3.05, 3.63) is 0 Å². The van der Waals surface area contributed by atoms with Crippen molar-refractivity contribution in [1.82, 2.24) is 0 Å². The molecule has 0 heterocycles. The molecule has 5 rings (SSSR count). The van der Waals surface area contributed by atoms with Gasteiger partial charge in [0, 0.05) is 6.42 Å². The molecule has 0 aromatic rings. The van der Waals surface area contributed by atoms with Crippen molar-refractivity contribution < 1.29 is 18.0 Å². The molecule has 0 aromatic carbocycles. The van der Waals surface area contributed by atoms with Crippen molar-refractivity contribution in [3.63, 3.8) is 0 Å². The number of rotatable bonds is 3. The quantitative estimate of drug-likeness (QED) is 0.360. The fourth-order valence-electron chi connectivity index (χ4n) is 12.5. The van der Waals surface area contributed by atoms with Gasteiger partial charge in [-0.2, -0.15) is 13.2 Å². The molecule has 1 nitrogen and oxygen atoms in total. The van der Waals surface area contributed by atoms with Crippen LogP contribution in [0.1, 0.15) is 138 Å². The SMILES string of the molecule is CC[C@@]12CC[C@H]3C(C)(C)CCC[C@]3(C)[C@H]1CC[C@@H]1[C@@H]3C[C@@](C)(CC(=O)C(F)(F)F)CC[C@]3(C)CC[C@]12C. The Labute approximate surface area is 224 Å². The Hall–Kier alpha value is -0.540. The van der Waals surface area contributed by atoms with Gasteiger partial charge in [-0.15, -0.1) is 0 Å². The summed E-state index contributed by atoms with van der Waals surface area (Å²) in [6.07, 6.45) is 10.5. The van der Waals surface area contributed by atoms with E-state index in [9.17, 15) is 18.0 Å². The van der Waals surface area contributed by atoms with E-state index in [1.165, 1.54) is 64.2 Å². The van der Waals surface area contributed by atoms with Crippen molar-refractivity contribution in [2.24, 2.45) is 56.2 Å². The highest BCUT2D eigenvalue weighted by Crippen LogP contribution is 2.78. The summed E-state index contributed by atoms with van der Waals surface area (Å²) < 4.78 is 39.8. The number of carbonyl (C=O) groups excluding carboxylic acids is 1. The third-order valence-electron chi connectivity index (χ3n) is 14.5. The Morgan fingerprint density at radius 2 is 1.46 bits per heavy atom. The molecule has 4 heteroatoms. The van der Waals surface area contributed by atoms with E-state index in [-0.39, 0.29) is 17.3 Å². The first kappa shape index (κ1) is 28.0. The van der Waals surface area contributed by atoms with Gasteiger partial charge in [0.1, 0.15) is 0 Å². The highest BCUT2D eigenvalue weighted by Gasteiger charge is 2.70. The predicted octanol–water partition coefficient (Wildman–Crippen LogP) is 10.2. The van der Waals surface area contributed by atoms with Crippen LogP contribution >= 0.6 is 0 Å². The van der Waals surface area contributed by atoms with Gasteiger partial charge in [0.2, 0.25) is 5.78 Å². The molecular formula is C33H53F3O. The largest absolute Gasteiger partial charge is 0.449 e. The van der Waals surface area contributed by atoms with E-state index in [4.69, 9.17) is 0 Å². The van der Waals surface area contributed by atoms with Gasteiger partial charge in [-0.1, -0.05) is 54.9 Å². The van der Waals surface area contributed by atoms with Crippen LogP contribution in [0.25, 0.3) is 0 Å². The zero-order valence-electron chi connectivity index (χ0n) is 24.8. The Morgan fingerprint density at radius 3 is 2.11 bits per heavy atom. The van der Waals surface area contributed by atoms with Gasteiger partial charge in [0.05, 0.1) is 0 Å². The fourth-order valence-corrected chi connectivity index (χ4v) is 12.5. The van der Waals surface area contributed by atoms with Crippen LogP contribution in [0.3, 0.4) is 0 Å². The minimum Gasteiger partial charge on any atom is -0.290 e. The first-order valence-corrected chi connectivity index (χ1v) is 15.6. The summed E-state index contributed by atoms with van der Waals surface area (Å²) in [6.45, 7) is 17.2. The first-order valence-electron chi connectivity index (χ1n) is 15.6. The molecule has 0 amide bonds. The standard InChI is InChI=1S/C33H53F3O/c1-8-32-15-12-24-27(2,3)13-9-14-30(24,6)25(32)11-10-22-23-20-28(4,21-26(37)33(34,35)36)16-17-29(23,5)18-19-31(22,32)7/h22-25H,8-21H2,1-7H3/t22-,23+,24+,25-,28+,29-,30+,31-,32-/m1/s1. The van der Waals surface area contributed by atoms with Gasteiger partial charge < -0.3 is 0 Å². The zero-order valence-corrected chi connectivity index (χ0v) is 24.8. The van der Waals surface area contributed by atoms with Crippen LogP contribution in [-0.4, -0.2) is 12.0 Å². The van der Waals surface area contributed by atoms with Crippen molar-refractivity contribution in [1.29, 1.82) is 0 Å². The molecule has 212 valence electrons. The zero-order chi connectivity index (χ0) is 27.3. The highest BCUT2D eigenvalue weighted by atomic mass is 19.4. The van der Waals surface area contributed by atoms with E-state index in [0.717, 1.165) is 31.1 Å². The maximum Gasteiger partial charge on any atom is 0.449 e. The summed E-state index contributed by atoms with van der Waals surface area (Å²) in [5.74, 6) is 1.05. The molecule has 0 radical (unpaired) electrons. The third-order valence-corrected chi connectivity index (χ3v) is 14.5. The number of hydrogen-bond donors (Lipinski definition) is 0. The number of halogens is 3. The Kier molecular flexibility index (Phi) is 6.42. The van der Waals surface area contributed by atoms with Crippen LogP contribution in [0.5, 0.6) is 0 Å². The predicted molar refractivity (Wildman–Crippen MR) is 144 cm³/mol. The van der Waals surface area contributed by atoms with Crippen molar-refractivity contribution in [2.75, 3.05) is 0 Å². The summed E-state index contributed by atoms with van der Waals surface area (Å²) in [4.78, 5) is 12.1. The first-order chi connectivity index (χ1) is 17.0. The molecule has 9 atom stereocenters. The van der Waals surface area contributed by atoms with E-state index >= 15 is 0 Å². The number of fused-ring (bicyclic) bond motifs is 7. The molecule has 0 saturated heterocycles. The molecular weight excluding hydrogens is 469 g/mol. The summed E-state index contributed by atoms with van der Waals surface area (Å²) >= 11 is 0. The van der Waals surface area contributed by atoms with E-state index in [1.54, 1.807) is 0 Å². The smallest absolute Gasteiger partial charge is 0.290 e. The van der Waals surface area contributed by atoms with Crippen molar-refractivity contribution in [3.8, 4) is 0 Å². The lowest BCUT2D eigenvalue weighted by Crippen LogP contribution is -2.66. The molecule has 0 bridgehead atoms. The molecule has 5 aliphatic carbocycles. The second kappa shape index (κ2) is 8.48. The summed E-state index contributed by atoms with van der Waals surface area (Å²) in [5.41, 5.74) is 1.10. The van der Waals surface area contributed by atoms with Crippen molar-refractivity contribution >= 4 is 5.78 Å². The Morgan fingerprint density at radius 1 is 0.784 bits per heavy atom. The van der Waals surface area contributed by atoms with Gasteiger partial charge >= 0.3 is 6.18 Å². The Bertz CT molecular complexity index is 923. The highest BCUT2D eigenvalue weighted by molar-refractivity contribution is 5.84. The molecule has 0 aromatic heterocycles. The molecule has 0 N–H and O–H groups in total. The lowest BCUT2D eigenvalue weighted by molar-refractivity contribution is -0.252. The van der Waals surface area contributed by atoms with E-state index in [1.807, 2.05) is 6.92 Å². The molecule has 5 aliphatic rings. The minimum atomic E-state index is -4.71. The average Bonchev–Trinajstić information content (AvgIpc) is 2.79. The van der Waals surface area contributed by atoms with Crippen LogP contribution in [0.2, 0.25) is 0 Å². The minimum absolute atomic E-state index is 0.209. The average molecular weight is 523 g/mol. The maximum atomic E-state index is 13.3. The van der Waals surface area contributed by atoms with Gasteiger partial charge in [0.15, 0.2) is 0 Å². The molecule has 0 aliphatic heterocycles. The number of ketones is 1. The molecule has 0 unspecified atom stereocenters. The van der Waals surface area contributed by atoms with E-state index < -0.39 is 17.4 Å². The summed E-state index contributed by atoms with van der Waals surface area (Å²) in [5, 5.41) is 0. The monoisotopic (exact) mass is 522 g/mol. The van der Waals surface area contributed by atoms with Crippen LogP contribution in [0.4, 0.5) is 13.2 Å². The topological polar surface area (TPSA) is 17.1 Å². The molecule has 37 heavy (non-hydrogen) atoms. The van der Waals surface area contributed by atoms with Gasteiger partial charge in [-0.25, -0.2) is 0 Å². The van der Waals surface area contributed by atoms with Crippen LogP contribution in [-0.2, 0) is 4.79 Å².